The van der Waals surface area contributed by atoms with E-state index in [1.54, 1.807) is 18.5 Å². The maximum Gasteiger partial charge on any atom is 0.177 e. The average molecular weight is 146 g/mol. The van der Waals surface area contributed by atoms with Crippen molar-refractivity contribution in [2.75, 3.05) is 6.54 Å². The predicted molar refractivity (Wildman–Crippen MR) is 43.0 cm³/mol. The van der Waals surface area contributed by atoms with Gasteiger partial charge in [0.25, 0.3) is 0 Å². The van der Waals surface area contributed by atoms with Gasteiger partial charge in [-0.1, -0.05) is 0 Å². The number of carbonyl (C=O) groups excluding carboxylic acids is 1. The summed E-state index contributed by atoms with van der Waals surface area (Å²) in [4.78, 5) is 18.9. The van der Waals surface area contributed by atoms with Crippen LogP contribution in [0.4, 0.5) is 0 Å². The van der Waals surface area contributed by atoms with Crippen molar-refractivity contribution in [2.24, 2.45) is 9.98 Å². The minimum absolute atomic E-state index is 0.0352. The molecule has 54 valence electrons. The fourth-order valence-corrected chi connectivity index (χ4v) is 1.03. The van der Waals surface area contributed by atoms with Crippen LogP contribution in [-0.4, -0.2) is 24.3 Å². The van der Waals surface area contributed by atoms with E-state index in [0.29, 0.717) is 0 Å². The van der Waals surface area contributed by atoms with Crippen LogP contribution in [0.5, 0.6) is 0 Å². The first-order valence-electron chi connectivity index (χ1n) is 3.35. The Bertz CT molecular complexity index is 321. The lowest BCUT2D eigenvalue weighted by Gasteiger charge is -1.88. The van der Waals surface area contributed by atoms with E-state index < -0.39 is 0 Å². The molecular formula is C8H6N2O. The highest BCUT2D eigenvalue weighted by Crippen LogP contribution is 2.09. The SMILES string of the molecule is O=C1C=C2C=CN=C2C=NC1. The summed E-state index contributed by atoms with van der Waals surface area (Å²) in [6, 6.07) is 0. The zero-order valence-electron chi connectivity index (χ0n) is 5.82. The molecule has 0 bridgehead atoms. The maximum absolute atomic E-state index is 10.9. The lowest BCUT2D eigenvalue weighted by atomic mass is 10.1. The summed E-state index contributed by atoms with van der Waals surface area (Å²) >= 11 is 0. The van der Waals surface area contributed by atoms with E-state index in [0.717, 1.165) is 11.3 Å². The third kappa shape index (κ3) is 1.05. The fraction of sp³-hybridized carbons (Fsp3) is 0.125. The molecule has 0 radical (unpaired) electrons. The quantitative estimate of drug-likeness (QED) is 0.491. The Morgan fingerprint density at radius 3 is 3.27 bits per heavy atom. The van der Waals surface area contributed by atoms with Crippen LogP contribution in [0.2, 0.25) is 0 Å². The van der Waals surface area contributed by atoms with Crippen LogP contribution in [0.15, 0.2) is 33.9 Å². The molecule has 0 amide bonds. The summed E-state index contributed by atoms with van der Waals surface area (Å²) in [5.41, 5.74) is 1.66. The average Bonchev–Trinajstić information content (AvgIpc) is 2.31. The Labute approximate surface area is 63.9 Å². The van der Waals surface area contributed by atoms with Crippen LogP contribution in [0, 0.1) is 0 Å². The van der Waals surface area contributed by atoms with Crippen molar-refractivity contribution in [1.29, 1.82) is 0 Å². The lowest BCUT2D eigenvalue weighted by Crippen LogP contribution is -1.97. The van der Waals surface area contributed by atoms with Gasteiger partial charge in [-0.3, -0.25) is 14.8 Å². The molecule has 11 heavy (non-hydrogen) atoms. The number of hydrogen-bond donors (Lipinski definition) is 0. The van der Waals surface area contributed by atoms with Crippen LogP contribution in [0.1, 0.15) is 0 Å². The Hall–Kier alpha value is -1.51. The minimum Gasteiger partial charge on any atom is -0.293 e. The first-order valence-corrected chi connectivity index (χ1v) is 3.35. The number of hydrogen-bond acceptors (Lipinski definition) is 3. The van der Waals surface area contributed by atoms with Gasteiger partial charge in [0.1, 0.15) is 6.54 Å². The minimum atomic E-state index is 0.0352. The molecule has 0 saturated heterocycles. The summed E-state index contributed by atoms with van der Waals surface area (Å²) < 4.78 is 0. The molecule has 0 atom stereocenters. The fourth-order valence-electron chi connectivity index (χ4n) is 1.03. The standard InChI is InChI=1S/C8H6N2O/c11-7-3-6-1-2-10-8(6)5-9-4-7/h1-3,5H,4H2. The number of fused-ring (bicyclic) bond motifs is 1. The zero-order chi connectivity index (χ0) is 7.68. The van der Waals surface area contributed by atoms with E-state index in [9.17, 15) is 4.79 Å². The van der Waals surface area contributed by atoms with Gasteiger partial charge >= 0.3 is 0 Å². The van der Waals surface area contributed by atoms with Crippen molar-refractivity contribution in [2.45, 2.75) is 0 Å². The maximum atomic E-state index is 10.9. The Kier molecular flexibility index (Phi) is 1.28. The molecule has 0 fully saturated rings. The zero-order valence-corrected chi connectivity index (χ0v) is 5.82. The number of carbonyl (C=O) groups is 1. The molecule has 0 saturated carbocycles. The van der Waals surface area contributed by atoms with Crippen molar-refractivity contribution >= 4 is 17.7 Å². The Morgan fingerprint density at radius 2 is 2.36 bits per heavy atom. The lowest BCUT2D eigenvalue weighted by molar-refractivity contribution is -0.113. The van der Waals surface area contributed by atoms with E-state index >= 15 is 0 Å². The molecule has 2 aliphatic rings. The number of allylic oxidation sites excluding steroid dienone is 2. The van der Waals surface area contributed by atoms with Crippen LogP contribution >= 0.6 is 0 Å². The molecule has 2 aliphatic heterocycles. The number of nitrogens with zero attached hydrogens (tertiary/aromatic N) is 2. The van der Waals surface area contributed by atoms with Crippen LogP contribution in [-0.2, 0) is 4.79 Å². The molecule has 0 N–H and O–H groups in total. The summed E-state index contributed by atoms with van der Waals surface area (Å²) in [6.45, 7) is 0.246. The second-order valence-electron chi connectivity index (χ2n) is 2.37. The molecule has 0 aromatic carbocycles. The topological polar surface area (TPSA) is 41.8 Å². The molecule has 3 heteroatoms. The molecule has 2 rings (SSSR count). The van der Waals surface area contributed by atoms with E-state index in [4.69, 9.17) is 0 Å². The van der Waals surface area contributed by atoms with Gasteiger partial charge < -0.3 is 0 Å². The normalized spacial score (nSPS) is 20.9. The van der Waals surface area contributed by atoms with E-state index in [2.05, 4.69) is 9.98 Å². The van der Waals surface area contributed by atoms with Gasteiger partial charge in [-0.05, 0) is 12.2 Å². The van der Waals surface area contributed by atoms with E-state index in [1.165, 1.54) is 0 Å². The highest BCUT2D eigenvalue weighted by atomic mass is 16.1. The monoisotopic (exact) mass is 146 g/mol. The van der Waals surface area contributed by atoms with Gasteiger partial charge in [0, 0.05) is 18.0 Å². The van der Waals surface area contributed by atoms with Gasteiger partial charge in [-0.15, -0.1) is 0 Å². The van der Waals surface area contributed by atoms with Crippen molar-refractivity contribution in [1.82, 2.24) is 0 Å². The van der Waals surface area contributed by atoms with Crippen molar-refractivity contribution < 1.29 is 4.79 Å². The van der Waals surface area contributed by atoms with E-state index in [1.807, 2.05) is 6.08 Å². The highest BCUT2D eigenvalue weighted by Gasteiger charge is 2.10. The Morgan fingerprint density at radius 1 is 1.45 bits per heavy atom. The molecule has 3 nitrogen and oxygen atoms in total. The molecule has 0 unspecified atom stereocenters. The number of aliphatic imine (C=N–C) groups is 2. The third-order valence-corrected chi connectivity index (χ3v) is 1.54. The van der Waals surface area contributed by atoms with Crippen molar-refractivity contribution in [3.8, 4) is 0 Å². The number of rotatable bonds is 0. The molecule has 0 aliphatic carbocycles. The second kappa shape index (κ2) is 2.27. The van der Waals surface area contributed by atoms with Gasteiger partial charge in [0.15, 0.2) is 5.78 Å². The van der Waals surface area contributed by atoms with Crippen LogP contribution < -0.4 is 0 Å². The number of ketones is 1. The predicted octanol–water partition coefficient (Wildman–Crippen LogP) is 0.535. The first-order chi connectivity index (χ1) is 5.36. The van der Waals surface area contributed by atoms with Crippen LogP contribution in [0.3, 0.4) is 0 Å². The summed E-state index contributed by atoms with van der Waals surface area (Å²) in [7, 11) is 0. The summed E-state index contributed by atoms with van der Waals surface area (Å²) in [6.07, 6.45) is 6.70. The smallest absolute Gasteiger partial charge is 0.177 e. The van der Waals surface area contributed by atoms with Gasteiger partial charge in [-0.2, -0.15) is 0 Å². The van der Waals surface area contributed by atoms with Gasteiger partial charge in [0.2, 0.25) is 0 Å². The van der Waals surface area contributed by atoms with Crippen LogP contribution in [0.25, 0.3) is 0 Å². The summed E-state index contributed by atoms with van der Waals surface area (Å²) in [5, 5.41) is 0. The molecule has 0 aromatic heterocycles. The van der Waals surface area contributed by atoms with Crippen molar-refractivity contribution in [3.63, 3.8) is 0 Å². The van der Waals surface area contributed by atoms with Gasteiger partial charge in [-0.25, -0.2) is 0 Å². The molecule has 0 aromatic rings. The van der Waals surface area contributed by atoms with E-state index in [-0.39, 0.29) is 12.3 Å². The first kappa shape index (κ1) is 6.22. The molecular weight excluding hydrogens is 140 g/mol. The highest BCUT2D eigenvalue weighted by molar-refractivity contribution is 6.41. The Balaban J connectivity index is 2.47. The third-order valence-electron chi connectivity index (χ3n) is 1.54. The second-order valence-corrected chi connectivity index (χ2v) is 2.37. The molecule has 0 spiro atoms. The largest absolute Gasteiger partial charge is 0.293 e. The van der Waals surface area contributed by atoms with Crippen molar-refractivity contribution in [3.05, 3.63) is 23.9 Å². The molecule has 2 heterocycles. The summed E-state index contributed by atoms with van der Waals surface area (Å²) in [5.74, 6) is 0.0352. The van der Waals surface area contributed by atoms with Gasteiger partial charge in [0.05, 0.1) is 5.71 Å².